The number of amides is 4. The van der Waals surface area contributed by atoms with Gasteiger partial charge in [-0.05, 0) is 104 Å². The van der Waals surface area contributed by atoms with Gasteiger partial charge in [0.25, 0.3) is 0 Å². The van der Waals surface area contributed by atoms with Crippen molar-refractivity contribution in [3.63, 3.8) is 0 Å². The lowest BCUT2D eigenvalue weighted by molar-refractivity contribution is 0.261. The van der Waals surface area contributed by atoms with Crippen LogP contribution in [0.25, 0.3) is 0 Å². The van der Waals surface area contributed by atoms with Crippen LogP contribution in [0, 0.1) is 0 Å². The number of hydrogen-bond acceptors (Lipinski definition) is 10. The molecule has 5 aromatic carbocycles. The third-order valence-electron chi connectivity index (χ3n) is 6.67. The van der Waals surface area contributed by atoms with Gasteiger partial charge in [0.05, 0.1) is 0 Å². The highest BCUT2D eigenvalue weighted by Gasteiger charge is 2.23. The fourth-order valence-corrected chi connectivity index (χ4v) is 7.15. The van der Waals surface area contributed by atoms with Gasteiger partial charge in [0.15, 0.2) is 0 Å². The van der Waals surface area contributed by atoms with E-state index >= 15 is 0 Å². The maximum atomic E-state index is 13.2. The van der Waals surface area contributed by atoms with Crippen molar-refractivity contribution in [2.24, 2.45) is 0 Å². The van der Waals surface area contributed by atoms with Crippen LogP contribution in [0.2, 0.25) is 0 Å². The third-order valence-corrected chi connectivity index (χ3v) is 10.6. The number of thioether (sulfide) groups is 2. The van der Waals surface area contributed by atoms with Crippen molar-refractivity contribution in [2.75, 3.05) is 33.8 Å². The fraction of sp³-hybridized carbons (Fsp3) is 0.0588. The molecule has 4 N–H and O–H groups in total. The first-order chi connectivity index (χ1) is 23.9. The fourth-order valence-electron chi connectivity index (χ4n) is 4.32. The number of hydrogen-bond donors (Lipinski definition) is 4. The molecular formula is C34H30N4O8S4. The summed E-state index contributed by atoms with van der Waals surface area (Å²) in [5, 5.41) is 10.6. The molecule has 0 fully saturated rings. The van der Waals surface area contributed by atoms with Crippen LogP contribution in [0.15, 0.2) is 141 Å². The van der Waals surface area contributed by atoms with Crippen molar-refractivity contribution in [3.05, 3.63) is 121 Å². The molecule has 0 aliphatic rings. The lowest BCUT2D eigenvalue weighted by Crippen LogP contribution is -2.19. The van der Waals surface area contributed by atoms with E-state index in [2.05, 4.69) is 21.3 Å². The number of rotatable bonds is 12. The van der Waals surface area contributed by atoms with Gasteiger partial charge in [-0.3, -0.25) is 0 Å². The van der Waals surface area contributed by atoms with Gasteiger partial charge >= 0.3 is 32.3 Å². The number of urea groups is 2. The molecule has 0 saturated carbocycles. The lowest BCUT2D eigenvalue weighted by Gasteiger charge is -2.12. The number of carbonyl (C=O) groups excluding carboxylic acids is 2. The largest absolute Gasteiger partial charge is 0.379 e. The Labute approximate surface area is 298 Å². The number of benzene rings is 5. The normalized spacial score (nSPS) is 11.2. The zero-order valence-corrected chi connectivity index (χ0v) is 29.7. The number of carbonyl (C=O) groups is 2. The van der Waals surface area contributed by atoms with Crippen molar-refractivity contribution >= 4 is 78.6 Å². The van der Waals surface area contributed by atoms with Crippen molar-refractivity contribution in [1.82, 2.24) is 0 Å². The summed E-state index contributed by atoms with van der Waals surface area (Å²) >= 11 is 3.13. The molecule has 0 bridgehead atoms. The van der Waals surface area contributed by atoms with E-state index in [1.54, 1.807) is 59.9 Å². The van der Waals surface area contributed by atoms with E-state index < -0.39 is 42.1 Å². The maximum Gasteiger partial charge on any atom is 0.339 e. The first-order valence-corrected chi connectivity index (χ1v) is 19.8. The van der Waals surface area contributed by atoms with Gasteiger partial charge in [-0.2, -0.15) is 16.8 Å². The molecule has 5 rings (SSSR count). The molecule has 50 heavy (non-hydrogen) atoms. The summed E-state index contributed by atoms with van der Waals surface area (Å²) in [5.41, 5.74) is 1.63. The predicted octanol–water partition coefficient (Wildman–Crippen LogP) is 7.95. The van der Waals surface area contributed by atoms with Crippen molar-refractivity contribution in [3.8, 4) is 11.5 Å². The Morgan fingerprint density at radius 1 is 0.480 bits per heavy atom. The smallest absolute Gasteiger partial charge is 0.339 e. The second-order valence-corrected chi connectivity index (χ2v) is 15.1. The molecule has 5 aromatic rings. The van der Waals surface area contributed by atoms with Crippen LogP contribution >= 0.6 is 23.5 Å². The number of anilines is 4. The molecule has 0 saturated heterocycles. The van der Waals surface area contributed by atoms with Gasteiger partial charge in [-0.1, -0.05) is 18.2 Å². The van der Waals surface area contributed by atoms with E-state index in [4.69, 9.17) is 8.37 Å². The van der Waals surface area contributed by atoms with Gasteiger partial charge in [0.1, 0.15) is 21.3 Å². The van der Waals surface area contributed by atoms with E-state index in [0.29, 0.717) is 11.4 Å². The van der Waals surface area contributed by atoms with Gasteiger partial charge in [-0.25, -0.2) is 9.59 Å². The number of nitrogens with one attached hydrogen (secondary N) is 4. The Hall–Kier alpha value is -5.16. The quantitative estimate of drug-likeness (QED) is 0.0725. The summed E-state index contributed by atoms with van der Waals surface area (Å²) in [7, 11) is -9.05. The van der Waals surface area contributed by atoms with Crippen LogP contribution in [0.4, 0.5) is 32.3 Å². The first-order valence-electron chi connectivity index (χ1n) is 14.6. The molecule has 12 nitrogen and oxygen atoms in total. The minimum atomic E-state index is -4.53. The van der Waals surface area contributed by atoms with Crippen LogP contribution < -0.4 is 29.6 Å². The monoisotopic (exact) mass is 750 g/mol. The molecule has 0 spiro atoms. The summed E-state index contributed by atoms with van der Waals surface area (Å²) < 4.78 is 63.2. The van der Waals surface area contributed by atoms with E-state index in [1.165, 1.54) is 54.6 Å². The summed E-state index contributed by atoms with van der Waals surface area (Å²) in [6, 6.07) is 29.2. The molecule has 0 atom stereocenters. The topological polar surface area (TPSA) is 169 Å². The average Bonchev–Trinajstić information content (AvgIpc) is 3.09. The van der Waals surface area contributed by atoms with E-state index in [9.17, 15) is 26.4 Å². The molecule has 0 aliphatic heterocycles. The summed E-state index contributed by atoms with van der Waals surface area (Å²) in [6.45, 7) is 0. The second kappa shape index (κ2) is 16.0. The zero-order valence-electron chi connectivity index (χ0n) is 26.4. The molecule has 0 heterocycles. The second-order valence-electron chi connectivity index (χ2n) is 10.2. The Morgan fingerprint density at radius 2 is 0.840 bits per heavy atom. The minimum absolute atomic E-state index is 0.123. The molecule has 0 aliphatic carbocycles. The standard InChI is InChI=1S/C34H30N4O8S4/c1-47-29-16-12-23(13-17-29)35-33(39)37-25-6-3-8-27(20-25)45-49(41,42)31-10-5-11-32(22-31)50(43,44)46-28-9-4-7-26(21-28)38-34(40)36-24-14-18-30(48-2)19-15-24/h3-22H,1-2H3,(H2,35,37,39)(H2,36,38,40). The molecule has 258 valence electrons. The van der Waals surface area contributed by atoms with E-state index in [1.807, 2.05) is 36.8 Å². The molecule has 0 unspecified atom stereocenters. The van der Waals surface area contributed by atoms with Crippen molar-refractivity contribution in [1.29, 1.82) is 0 Å². The minimum Gasteiger partial charge on any atom is -0.379 e. The first kappa shape index (κ1) is 36.1. The van der Waals surface area contributed by atoms with E-state index in [-0.39, 0.29) is 22.9 Å². The van der Waals surface area contributed by atoms with Gasteiger partial charge < -0.3 is 29.6 Å². The zero-order chi connectivity index (χ0) is 35.7. The van der Waals surface area contributed by atoms with Gasteiger partial charge in [0, 0.05) is 44.7 Å². The Bertz CT molecular complexity index is 2060. The summed E-state index contributed by atoms with van der Waals surface area (Å²) in [6.07, 6.45) is 3.88. The van der Waals surface area contributed by atoms with Crippen LogP contribution in [0.5, 0.6) is 11.5 Å². The van der Waals surface area contributed by atoms with Crippen LogP contribution in [-0.2, 0) is 20.2 Å². The lowest BCUT2D eigenvalue weighted by atomic mass is 10.3. The molecule has 0 aromatic heterocycles. The van der Waals surface area contributed by atoms with Gasteiger partial charge in [-0.15, -0.1) is 23.5 Å². The van der Waals surface area contributed by atoms with Crippen LogP contribution in [0.3, 0.4) is 0 Å². The molecular weight excluding hydrogens is 721 g/mol. The predicted molar refractivity (Wildman–Crippen MR) is 197 cm³/mol. The molecule has 16 heteroatoms. The van der Waals surface area contributed by atoms with E-state index in [0.717, 1.165) is 15.9 Å². The third kappa shape index (κ3) is 9.94. The average molecular weight is 751 g/mol. The van der Waals surface area contributed by atoms with Gasteiger partial charge in [0.2, 0.25) is 0 Å². The highest BCUT2D eigenvalue weighted by Crippen LogP contribution is 2.27. The molecule has 0 radical (unpaired) electrons. The van der Waals surface area contributed by atoms with Crippen molar-refractivity contribution < 1.29 is 34.8 Å². The Kier molecular flexibility index (Phi) is 11.6. The Morgan fingerprint density at radius 3 is 1.22 bits per heavy atom. The van der Waals surface area contributed by atoms with Crippen LogP contribution in [-0.4, -0.2) is 41.4 Å². The summed E-state index contributed by atoms with van der Waals surface area (Å²) in [4.78, 5) is 26.1. The summed E-state index contributed by atoms with van der Waals surface area (Å²) in [5.74, 6) is -0.246. The highest BCUT2D eigenvalue weighted by molar-refractivity contribution is 7.98. The molecule has 4 amide bonds. The van der Waals surface area contributed by atoms with Crippen molar-refractivity contribution in [2.45, 2.75) is 19.6 Å². The Balaban J connectivity index is 1.22. The van der Waals surface area contributed by atoms with Crippen LogP contribution in [0.1, 0.15) is 0 Å². The SMILES string of the molecule is CSc1ccc(NC(=O)Nc2cccc(OS(=O)(=O)c3cccc(S(=O)(=O)Oc4cccc(NC(=O)Nc5ccc(SC)cc5)c4)c3)c2)cc1. The maximum absolute atomic E-state index is 13.2. The highest BCUT2D eigenvalue weighted by atomic mass is 32.2.